The van der Waals surface area contributed by atoms with Crippen LogP contribution in [0, 0.1) is 0 Å². The lowest BCUT2D eigenvalue weighted by Gasteiger charge is -2.47. The molecule has 2 aliphatic heterocycles. The minimum absolute atomic E-state index is 0.0349. The quantitative estimate of drug-likeness (QED) is 0.634. The van der Waals surface area contributed by atoms with Crippen molar-refractivity contribution in [2.45, 2.75) is 37.9 Å². The molecule has 0 unspecified atom stereocenters. The molecule has 0 saturated carbocycles. The molecule has 7 heteroatoms. The molecule has 170 valence electrons. The maximum Gasteiger partial charge on any atom is 0.254 e. The van der Waals surface area contributed by atoms with Crippen LogP contribution in [0.3, 0.4) is 0 Å². The van der Waals surface area contributed by atoms with Crippen molar-refractivity contribution < 1.29 is 9.59 Å². The van der Waals surface area contributed by atoms with Crippen molar-refractivity contribution >= 4 is 17.6 Å². The van der Waals surface area contributed by atoms with Crippen molar-refractivity contribution in [2.75, 3.05) is 18.4 Å². The molecule has 0 bridgehead atoms. The predicted octanol–water partition coefficient (Wildman–Crippen LogP) is 3.44. The van der Waals surface area contributed by atoms with Crippen LogP contribution < -0.4 is 5.32 Å². The zero-order chi connectivity index (χ0) is 22.8. The second-order valence-electron chi connectivity index (χ2n) is 9.13. The Hall–Kier alpha value is -3.45. The highest BCUT2D eigenvalue weighted by Gasteiger charge is 2.46. The molecule has 33 heavy (non-hydrogen) atoms. The highest BCUT2D eigenvalue weighted by Crippen LogP contribution is 2.39. The minimum atomic E-state index is -0.512. The van der Waals surface area contributed by atoms with Crippen LogP contribution in [0.15, 0.2) is 66.9 Å². The van der Waals surface area contributed by atoms with E-state index in [4.69, 9.17) is 0 Å². The predicted molar refractivity (Wildman–Crippen MR) is 126 cm³/mol. The Kier molecular flexibility index (Phi) is 5.72. The number of piperidine rings is 1. The number of nitrogens with one attached hydrogen (secondary N) is 1. The van der Waals surface area contributed by atoms with Gasteiger partial charge in [0.1, 0.15) is 0 Å². The van der Waals surface area contributed by atoms with Crippen LogP contribution in [-0.4, -0.2) is 50.0 Å². The summed E-state index contributed by atoms with van der Waals surface area (Å²) in [5.74, 6) is 0.469. The molecule has 1 N–H and O–H groups in total. The van der Waals surface area contributed by atoms with E-state index in [1.54, 1.807) is 16.9 Å². The highest BCUT2D eigenvalue weighted by molar-refractivity contribution is 5.99. The van der Waals surface area contributed by atoms with Gasteiger partial charge in [-0.25, -0.2) is 0 Å². The third-order valence-electron chi connectivity index (χ3n) is 6.90. The summed E-state index contributed by atoms with van der Waals surface area (Å²) >= 11 is 0. The van der Waals surface area contributed by atoms with Gasteiger partial charge in [-0.05, 0) is 30.0 Å². The zero-order valence-electron chi connectivity index (χ0n) is 18.9. The molecule has 0 atom stereocenters. The summed E-state index contributed by atoms with van der Waals surface area (Å²) in [4.78, 5) is 30.8. The van der Waals surface area contributed by atoms with E-state index < -0.39 is 5.54 Å². The molecule has 1 saturated heterocycles. The Morgan fingerprint density at radius 1 is 1.03 bits per heavy atom. The summed E-state index contributed by atoms with van der Waals surface area (Å²) in [6.45, 7) is 3.12. The number of rotatable bonds is 6. The van der Waals surface area contributed by atoms with Gasteiger partial charge in [-0.15, -0.1) is 0 Å². The van der Waals surface area contributed by atoms with E-state index >= 15 is 0 Å². The molecule has 2 aliphatic rings. The van der Waals surface area contributed by atoms with Gasteiger partial charge < -0.3 is 10.2 Å². The Bertz CT molecular complexity index is 1150. The smallest absolute Gasteiger partial charge is 0.254 e. The van der Waals surface area contributed by atoms with Gasteiger partial charge in [0.25, 0.3) is 5.91 Å². The lowest BCUT2D eigenvalue weighted by Crippen LogP contribution is -2.56. The number of hydrogen-bond donors (Lipinski definition) is 1. The number of benzene rings is 2. The van der Waals surface area contributed by atoms with Crippen LogP contribution in [0.25, 0.3) is 0 Å². The van der Waals surface area contributed by atoms with Gasteiger partial charge in [-0.1, -0.05) is 48.5 Å². The lowest BCUT2D eigenvalue weighted by atomic mass is 9.82. The van der Waals surface area contributed by atoms with Gasteiger partial charge in [0, 0.05) is 51.1 Å². The fourth-order valence-electron chi connectivity index (χ4n) is 5.12. The first kappa shape index (κ1) is 21.4. The number of anilines is 1. The number of carbonyl (C=O) groups is 2. The zero-order valence-corrected chi connectivity index (χ0v) is 18.9. The summed E-state index contributed by atoms with van der Waals surface area (Å²) in [6, 6.07) is 20.0. The molecule has 2 aromatic carbocycles. The van der Waals surface area contributed by atoms with Crippen molar-refractivity contribution in [3.8, 4) is 0 Å². The normalized spacial score (nSPS) is 17.7. The third kappa shape index (κ3) is 4.41. The van der Waals surface area contributed by atoms with E-state index in [0.717, 1.165) is 43.6 Å². The topological polar surface area (TPSA) is 70.5 Å². The van der Waals surface area contributed by atoms with Crippen molar-refractivity contribution in [3.63, 3.8) is 0 Å². The molecule has 2 amide bonds. The lowest BCUT2D eigenvalue weighted by molar-refractivity contribution is -0.119. The van der Waals surface area contributed by atoms with Crippen LogP contribution in [0.4, 0.5) is 5.82 Å². The second-order valence-corrected chi connectivity index (χ2v) is 9.13. The minimum Gasteiger partial charge on any atom is -0.328 e. The van der Waals surface area contributed by atoms with Gasteiger partial charge in [0.15, 0.2) is 5.82 Å². The summed E-state index contributed by atoms with van der Waals surface area (Å²) in [5.41, 5.74) is 2.57. The fourth-order valence-corrected chi connectivity index (χ4v) is 5.12. The molecule has 0 radical (unpaired) electrons. The van der Waals surface area contributed by atoms with Gasteiger partial charge >= 0.3 is 0 Å². The maximum atomic E-state index is 13.4. The van der Waals surface area contributed by atoms with Gasteiger partial charge in [-0.2, -0.15) is 5.10 Å². The van der Waals surface area contributed by atoms with E-state index in [-0.39, 0.29) is 18.2 Å². The molecular formula is C26H29N5O2. The average Bonchev–Trinajstić information content (AvgIpc) is 3.39. The molecule has 3 heterocycles. The molecular weight excluding hydrogens is 414 g/mol. The number of carbonyl (C=O) groups excluding carboxylic acids is 2. The number of fused-ring (bicyclic) bond motifs is 1. The third-order valence-corrected chi connectivity index (χ3v) is 6.90. The summed E-state index contributed by atoms with van der Waals surface area (Å²) in [7, 11) is 1.82. The number of aromatic nitrogens is 2. The van der Waals surface area contributed by atoms with E-state index in [1.807, 2.05) is 42.3 Å². The molecule has 0 aliphatic carbocycles. The summed E-state index contributed by atoms with van der Waals surface area (Å²) in [6.07, 6.45) is 3.58. The standard InChI is InChI=1S/C26H29N5O2/c1-29-14-11-23(28-29)27-24(32)17-26(31-19-21-9-5-6-10-22(21)25(31)33)12-15-30(16-13-26)18-20-7-3-2-4-8-20/h2-11,14H,12-13,15-19H2,1H3,(H,27,28,32). The number of aryl methyl sites for hydroxylation is 1. The molecule has 3 aromatic rings. The Morgan fingerprint density at radius 2 is 1.76 bits per heavy atom. The first-order chi connectivity index (χ1) is 16.0. The Labute approximate surface area is 194 Å². The fraction of sp³-hybridized carbons (Fsp3) is 0.346. The first-order valence-electron chi connectivity index (χ1n) is 11.5. The molecule has 7 nitrogen and oxygen atoms in total. The highest BCUT2D eigenvalue weighted by atomic mass is 16.2. The number of likely N-dealkylation sites (tertiary alicyclic amines) is 1. The second kappa shape index (κ2) is 8.83. The van der Waals surface area contributed by atoms with Crippen molar-refractivity contribution in [1.29, 1.82) is 0 Å². The monoisotopic (exact) mass is 443 g/mol. The van der Waals surface area contributed by atoms with E-state index in [0.29, 0.717) is 12.4 Å². The molecule has 0 spiro atoms. The van der Waals surface area contributed by atoms with Crippen LogP contribution in [0.2, 0.25) is 0 Å². The van der Waals surface area contributed by atoms with Crippen LogP contribution in [0.1, 0.15) is 40.7 Å². The van der Waals surface area contributed by atoms with E-state index in [2.05, 4.69) is 39.6 Å². The Morgan fingerprint density at radius 3 is 2.45 bits per heavy atom. The van der Waals surface area contributed by atoms with Crippen LogP contribution in [-0.2, 0) is 24.9 Å². The van der Waals surface area contributed by atoms with Gasteiger partial charge in [0.05, 0.1) is 12.0 Å². The Balaban J connectivity index is 1.35. The van der Waals surface area contributed by atoms with Crippen LogP contribution >= 0.6 is 0 Å². The largest absolute Gasteiger partial charge is 0.328 e. The van der Waals surface area contributed by atoms with Crippen LogP contribution in [0.5, 0.6) is 0 Å². The van der Waals surface area contributed by atoms with Crippen molar-refractivity contribution in [1.82, 2.24) is 19.6 Å². The van der Waals surface area contributed by atoms with Gasteiger partial charge in [-0.3, -0.25) is 19.2 Å². The molecule has 1 aromatic heterocycles. The molecule has 1 fully saturated rings. The molecule has 5 rings (SSSR count). The average molecular weight is 444 g/mol. The van der Waals surface area contributed by atoms with Gasteiger partial charge in [0.2, 0.25) is 5.91 Å². The summed E-state index contributed by atoms with van der Waals surface area (Å²) < 4.78 is 1.66. The first-order valence-corrected chi connectivity index (χ1v) is 11.5. The SMILES string of the molecule is Cn1ccc(NC(=O)CC2(N3Cc4ccccc4C3=O)CCN(Cc3ccccc3)CC2)n1. The van der Waals surface area contributed by atoms with E-state index in [1.165, 1.54) is 5.56 Å². The number of amides is 2. The van der Waals surface area contributed by atoms with Crippen molar-refractivity contribution in [2.24, 2.45) is 7.05 Å². The number of nitrogens with zero attached hydrogens (tertiary/aromatic N) is 4. The van der Waals surface area contributed by atoms with E-state index in [9.17, 15) is 9.59 Å². The maximum absolute atomic E-state index is 13.4. The van der Waals surface area contributed by atoms with Crippen molar-refractivity contribution in [3.05, 3.63) is 83.6 Å². The summed E-state index contributed by atoms with van der Waals surface area (Å²) in [5, 5.41) is 7.19. The number of hydrogen-bond acceptors (Lipinski definition) is 4.